The van der Waals surface area contributed by atoms with E-state index in [4.69, 9.17) is 24.2 Å². The molecule has 2 aliphatic heterocycles. The molecule has 0 spiro atoms. The highest BCUT2D eigenvalue weighted by Gasteiger charge is 2.43. The summed E-state index contributed by atoms with van der Waals surface area (Å²) in [5.41, 5.74) is 11.5. The van der Waals surface area contributed by atoms with Crippen molar-refractivity contribution in [2.45, 2.75) is 122 Å². The molecule has 5 aromatic rings. The van der Waals surface area contributed by atoms with Crippen LogP contribution in [0.3, 0.4) is 0 Å². The minimum absolute atomic E-state index is 0.00346. The summed E-state index contributed by atoms with van der Waals surface area (Å²) in [6.45, 7) is 10.7. The first-order chi connectivity index (χ1) is 32.8. The van der Waals surface area contributed by atoms with Crippen molar-refractivity contribution in [1.29, 1.82) is 0 Å². The van der Waals surface area contributed by atoms with Gasteiger partial charge in [-0.05, 0) is 127 Å². The number of ether oxygens (including phenoxy) is 3. The highest BCUT2D eigenvalue weighted by molar-refractivity contribution is 5.89. The number of H-pyrrole nitrogens is 2. The molecule has 3 aliphatic carbocycles. The minimum Gasteiger partial charge on any atom is -0.453 e. The second-order valence-electron chi connectivity index (χ2n) is 20.1. The maximum atomic E-state index is 14.0. The van der Waals surface area contributed by atoms with Crippen molar-refractivity contribution in [3.63, 3.8) is 0 Å². The predicted octanol–water partition coefficient (Wildman–Crippen LogP) is 9.39. The van der Waals surface area contributed by atoms with Crippen LogP contribution in [0.1, 0.15) is 126 Å². The van der Waals surface area contributed by atoms with Crippen LogP contribution in [0.25, 0.3) is 44.5 Å². The lowest BCUT2D eigenvalue weighted by Crippen LogP contribution is -2.52. The Bertz CT molecular complexity index is 2670. The highest BCUT2D eigenvalue weighted by atomic mass is 16.5. The van der Waals surface area contributed by atoms with Gasteiger partial charge in [-0.15, -0.1) is 0 Å². The lowest BCUT2D eigenvalue weighted by atomic mass is 9.63. The molecule has 0 radical (unpaired) electrons. The number of amides is 4. The number of hydrogen-bond acceptors (Lipinski definition) is 9. The number of fused-ring (bicyclic) bond motifs is 3. The number of likely N-dealkylation sites (tertiary alicyclic amines) is 2. The molecular formula is C53H66N8O7. The number of hydrogen-bond donors (Lipinski definition) is 4. The summed E-state index contributed by atoms with van der Waals surface area (Å²) in [5, 5.41) is 5.51. The summed E-state index contributed by atoms with van der Waals surface area (Å²) in [5.74, 6) is 2.02. The largest absolute Gasteiger partial charge is 0.453 e. The van der Waals surface area contributed by atoms with Gasteiger partial charge < -0.3 is 44.6 Å². The summed E-state index contributed by atoms with van der Waals surface area (Å²) in [6, 6.07) is 17.9. The Hall–Kier alpha value is -6.22. The maximum absolute atomic E-state index is 14.0. The molecule has 1 saturated carbocycles. The molecule has 2 aromatic heterocycles. The smallest absolute Gasteiger partial charge is 0.407 e. The Morgan fingerprint density at radius 3 is 1.90 bits per heavy atom. The molecule has 15 nitrogen and oxygen atoms in total. The normalized spacial score (nSPS) is 23.0. The Morgan fingerprint density at radius 2 is 1.29 bits per heavy atom. The number of aromatic amines is 2. The molecule has 2 saturated heterocycles. The van der Waals surface area contributed by atoms with Gasteiger partial charge in [0.2, 0.25) is 11.8 Å². The van der Waals surface area contributed by atoms with E-state index >= 15 is 0 Å². The van der Waals surface area contributed by atoms with Gasteiger partial charge in [-0.3, -0.25) is 9.59 Å². The number of rotatable bonds is 13. The fourth-order valence-electron chi connectivity index (χ4n) is 11.7. The van der Waals surface area contributed by atoms with E-state index in [1.165, 1.54) is 67.7 Å². The van der Waals surface area contributed by atoms with E-state index in [2.05, 4.69) is 82.1 Å². The van der Waals surface area contributed by atoms with E-state index < -0.39 is 24.3 Å². The van der Waals surface area contributed by atoms with E-state index in [1.54, 1.807) is 7.11 Å². The predicted molar refractivity (Wildman–Crippen MR) is 260 cm³/mol. The second kappa shape index (κ2) is 19.4. The molecule has 4 heterocycles. The summed E-state index contributed by atoms with van der Waals surface area (Å²) < 4.78 is 15.2. The third-order valence-electron chi connectivity index (χ3n) is 15.2. The molecule has 6 atom stereocenters. The zero-order valence-electron chi connectivity index (χ0n) is 40.6. The monoisotopic (exact) mass is 927 g/mol. The van der Waals surface area contributed by atoms with Gasteiger partial charge in [0.25, 0.3) is 0 Å². The fraction of sp³-hybridized carbons (Fsp3) is 0.509. The SMILES string of the molecule is COC[C@H]1C[C@@H](c2ncc(-c3ccc(-c4ccc(-c5ccc6[nH]c([C@@H]7CC[C@H](C)N7C(=O)[C@@H](NC(=O)OC)C(C)C)nc6c5)c5c4C4CCC5CC4)cc3)[nH]2)N(C(=O)[C@@H](NC(=O)OC)C(C)C)C1. The summed E-state index contributed by atoms with van der Waals surface area (Å²) in [7, 11) is 4.28. The van der Waals surface area contributed by atoms with Gasteiger partial charge in [0.1, 0.15) is 23.7 Å². The lowest BCUT2D eigenvalue weighted by Gasteiger charge is -2.41. The first-order valence-electron chi connectivity index (χ1n) is 24.4. The minimum atomic E-state index is -0.739. The molecule has 3 aromatic carbocycles. The molecule has 10 rings (SSSR count). The van der Waals surface area contributed by atoms with Gasteiger partial charge in [0.05, 0.1) is 55.8 Å². The number of alkyl carbamates (subject to hydrolysis) is 2. The first kappa shape index (κ1) is 46.9. The van der Waals surface area contributed by atoms with E-state index in [0.29, 0.717) is 37.2 Å². The van der Waals surface area contributed by atoms with Crippen molar-refractivity contribution in [2.75, 3.05) is 34.5 Å². The average molecular weight is 927 g/mol. The number of imidazole rings is 2. The number of nitrogens with one attached hydrogen (secondary N) is 4. The molecule has 5 aliphatic rings. The number of carbonyl (C=O) groups is 4. The number of methoxy groups -OCH3 is 3. The van der Waals surface area contributed by atoms with Gasteiger partial charge in [-0.2, -0.15) is 0 Å². The molecule has 15 heteroatoms. The van der Waals surface area contributed by atoms with Crippen molar-refractivity contribution < 1.29 is 33.4 Å². The molecule has 2 bridgehead atoms. The number of aromatic nitrogens is 4. The molecule has 3 fully saturated rings. The zero-order valence-corrected chi connectivity index (χ0v) is 40.6. The van der Waals surface area contributed by atoms with Crippen LogP contribution in [0.5, 0.6) is 0 Å². The molecular weight excluding hydrogens is 861 g/mol. The first-order valence-corrected chi connectivity index (χ1v) is 24.4. The summed E-state index contributed by atoms with van der Waals surface area (Å²) in [4.78, 5) is 73.3. The maximum Gasteiger partial charge on any atom is 0.407 e. The van der Waals surface area contributed by atoms with Crippen LogP contribution >= 0.6 is 0 Å². The summed E-state index contributed by atoms with van der Waals surface area (Å²) >= 11 is 0. The van der Waals surface area contributed by atoms with Crippen LogP contribution < -0.4 is 10.6 Å². The topological polar surface area (TPSA) is 184 Å². The molecule has 4 N–H and O–H groups in total. The molecule has 0 unspecified atom stereocenters. The van der Waals surface area contributed by atoms with Crippen LogP contribution in [-0.4, -0.2) is 106 Å². The molecule has 360 valence electrons. The molecule has 4 amide bonds. The van der Waals surface area contributed by atoms with Gasteiger partial charge in [-0.1, -0.05) is 70.2 Å². The zero-order chi connectivity index (χ0) is 48.0. The van der Waals surface area contributed by atoms with Crippen molar-refractivity contribution in [3.05, 3.63) is 83.6 Å². The van der Waals surface area contributed by atoms with Crippen molar-refractivity contribution in [2.24, 2.45) is 17.8 Å². The lowest BCUT2D eigenvalue weighted by molar-refractivity contribution is -0.137. The Balaban J connectivity index is 0.976. The van der Waals surface area contributed by atoms with Crippen LogP contribution in [0.4, 0.5) is 9.59 Å². The van der Waals surface area contributed by atoms with E-state index in [1.807, 2.05) is 43.7 Å². The third-order valence-corrected chi connectivity index (χ3v) is 15.2. The highest BCUT2D eigenvalue weighted by Crippen LogP contribution is 2.55. The quantitative estimate of drug-likeness (QED) is 0.0894. The van der Waals surface area contributed by atoms with E-state index in [9.17, 15) is 19.2 Å². The third kappa shape index (κ3) is 8.85. The average Bonchev–Trinajstić information content (AvgIpc) is 4.18. The van der Waals surface area contributed by atoms with Gasteiger partial charge in [0.15, 0.2) is 0 Å². The van der Waals surface area contributed by atoms with Crippen molar-refractivity contribution >= 4 is 35.0 Å². The standard InChI is InChI=1S/C53H66N8O7/c1-28(2)46(58-52(64)67-7)50(62)60-26-31(27-66-6)23-43(60)48-54-25-41(57-48)33-12-10-32(11-13-33)37-19-20-38(45-35-16-14-34(15-17-35)44(37)45)36-18-21-39-40(24-36)56-49(55-39)42-22-9-30(5)61(42)51(63)47(29(3)4)59-53(65)68-8/h10-13,18-21,24-25,28-31,34-35,42-43,46-47H,9,14-17,22-23,26-27H2,1-8H3,(H,54,57)(H,55,56)(H,58,64)(H,59,65)/t30-,31-,34?,35?,42-,43-,46-,47-/m0/s1. The van der Waals surface area contributed by atoms with Crippen molar-refractivity contribution in [3.8, 4) is 33.5 Å². The van der Waals surface area contributed by atoms with Gasteiger partial charge in [-0.25, -0.2) is 19.6 Å². The second-order valence-corrected chi connectivity index (χ2v) is 20.1. The number of carbonyl (C=O) groups excluding carboxylic acids is 4. The fourth-order valence-corrected chi connectivity index (χ4v) is 11.7. The van der Waals surface area contributed by atoms with Crippen LogP contribution in [0, 0.1) is 17.8 Å². The van der Waals surface area contributed by atoms with Crippen LogP contribution in [0.2, 0.25) is 0 Å². The van der Waals surface area contributed by atoms with Crippen molar-refractivity contribution in [1.82, 2.24) is 40.4 Å². The van der Waals surface area contributed by atoms with Gasteiger partial charge in [0, 0.05) is 25.6 Å². The van der Waals surface area contributed by atoms with E-state index in [-0.39, 0.29) is 47.7 Å². The van der Waals surface area contributed by atoms with Crippen LogP contribution in [-0.2, 0) is 23.8 Å². The Morgan fingerprint density at radius 1 is 0.706 bits per heavy atom. The van der Waals surface area contributed by atoms with Gasteiger partial charge >= 0.3 is 12.2 Å². The van der Waals surface area contributed by atoms with Crippen LogP contribution in [0.15, 0.2) is 60.8 Å². The molecule has 68 heavy (non-hydrogen) atoms. The summed E-state index contributed by atoms with van der Waals surface area (Å²) in [6.07, 6.45) is 7.65. The number of nitrogens with zero attached hydrogens (tertiary/aromatic N) is 4. The Kier molecular flexibility index (Phi) is 13.4. The number of benzene rings is 3. The Labute approximate surface area is 398 Å². The van der Waals surface area contributed by atoms with E-state index in [0.717, 1.165) is 46.5 Å².